The Labute approximate surface area is 123 Å². The Hall–Kier alpha value is -1.03. The fourth-order valence-corrected chi connectivity index (χ4v) is 2.31. The standard InChI is InChI=1S/C14H17Cl2N3/c1-10(2)17-8-11-6-7-18-19(11)9-12-13(15)4-3-5-14(12)16/h3-7,10,17H,8-9H2,1-2H3. The summed E-state index contributed by atoms with van der Waals surface area (Å²) in [5.41, 5.74) is 2.02. The molecule has 0 bridgehead atoms. The summed E-state index contributed by atoms with van der Waals surface area (Å²) in [5, 5.41) is 9.05. The molecule has 19 heavy (non-hydrogen) atoms. The summed E-state index contributed by atoms with van der Waals surface area (Å²) in [6.07, 6.45) is 1.79. The summed E-state index contributed by atoms with van der Waals surface area (Å²) >= 11 is 12.4. The molecule has 0 aliphatic carbocycles. The first kappa shape index (κ1) is 14.4. The largest absolute Gasteiger partial charge is 0.309 e. The van der Waals surface area contributed by atoms with Gasteiger partial charge in [0.2, 0.25) is 0 Å². The number of hydrogen-bond donors (Lipinski definition) is 1. The van der Waals surface area contributed by atoms with Crippen molar-refractivity contribution >= 4 is 23.2 Å². The lowest BCUT2D eigenvalue weighted by Crippen LogP contribution is -2.24. The minimum absolute atomic E-state index is 0.437. The maximum Gasteiger partial charge on any atom is 0.0692 e. The molecule has 0 amide bonds. The molecule has 2 aromatic rings. The van der Waals surface area contributed by atoms with Crippen LogP contribution in [0.5, 0.6) is 0 Å². The molecule has 2 rings (SSSR count). The minimum Gasteiger partial charge on any atom is -0.309 e. The molecular formula is C14H17Cl2N3. The molecule has 3 nitrogen and oxygen atoms in total. The summed E-state index contributed by atoms with van der Waals surface area (Å²) in [6.45, 7) is 5.59. The molecule has 0 saturated carbocycles. The van der Waals surface area contributed by atoms with E-state index in [9.17, 15) is 0 Å². The summed E-state index contributed by atoms with van der Waals surface area (Å²) in [5.74, 6) is 0. The van der Waals surface area contributed by atoms with E-state index in [-0.39, 0.29) is 0 Å². The van der Waals surface area contributed by atoms with E-state index in [1.165, 1.54) is 0 Å². The lowest BCUT2D eigenvalue weighted by Gasteiger charge is -2.12. The van der Waals surface area contributed by atoms with Gasteiger partial charge in [-0.1, -0.05) is 43.1 Å². The van der Waals surface area contributed by atoms with Crippen molar-refractivity contribution in [2.24, 2.45) is 0 Å². The average molecular weight is 298 g/mol. The third-order valence-corrected chi connectivity index (χ3v) is 3.57. The number of halogens is 2. The number of hydrogen-bond acceptors (Lipinski definition) is 2. The molecule has 1 N–H and O–H groups in total. The van der Waals surface area contributed by atoms with E-state index in [0.717, 1.165) is 17.8 Å². The van der Waals surface area contributed by atoms with Crippen LogP contribution in [0.1, 0.15) is 25.1 Å². The van der Waals surface area contributed by atoms with Gasteiger partial charge in [0.15, 0.2) is 0 Å². The van der Waals surface area contributed by atoms with E-state index >= 15 is 0 Å². The number of nitrogens with one attached hydrogen (secondary N) is 1. The van der Waals surface area contributed by atoms with Crippen LogP contribution in [0.3, 0.4) is 0 Å². The monoisotopic (exact) mass is 297 g/mol. The van der Waals surface area contributed by atoms with Gasteiger partial charge < -0.3 is 5.32 Å². The topological polar surface area (TPSA) is 29.9 Å². The first-order valence-corrected chi connectivity index (χ1v) is 7.00. The zero-order chi connectivity index (χ0) is 13.8. The fourth-order valence-electron chi connectivity index (χ4n) is 1.79. The van der Waals surface area contributed by atoms with E-state index in [1.54, 1.807) is 6.20 Å². The minimum atomic E-state index is 0.437. The second kappa shape index (κ2) is 6.42. The molecule has 1 heterocycles. The van der Waals surface area contributed by atoms with Gasteiger partial charge >= 0.3 is 0 Å². The van der Waals surface area contributed by atoms with Crippen molar-refractivity contribution in [1.29, 1.82) is 0 Å². The van der Waals surface area contributed by atoms with Crippen LogP contribution in [0, 0.1) is 0 Å². The van der Waals surface area contributed by atoms with Gasteiger partial charge in [0.1, 0.15) is 0 Å². The third-order valence-electron chi connectivity index (χ3n) is 2.87. The van der Waals surface area contributed by atoms with Gasteiger partial charge in [0, 0.05) is 34.4 Å². The van der Waals surface area contributed by atoms with Crippen LogP contribution >= 0.6 is 23.2 Å². The predicted molar refractivity (Wildman–Crippen MR) is 79.8 cm³/mol. The van der Waals surface area contributed by atoms with E-state index in [0.29, 0.717) is 22.6 Å². The van der Waals surface area contributed by atoms with Gasteiger partial charge in [-0.3, -0.25) is 4.68 Å². The summed E-state index contributed by atoms with van der Waals surface area (Å²) in [6, 6.07) is 7.97. The Morgan fingerprint density at radius 1 is 1.21 bits per heavy atom. The van der Waals surface area contributed by atoms with Crippen molar-refractivity contribution < 1.29 is 0 Å². The molecule has 0 spiro atoms. The molecule has 0 unspecified atom stereocenters. The second-order valence-corrected chi connectivity index (χ2v) is 5.53. The van der Waals surface area contributed by atoms with Gasteiger partial charge in [-0.05, 0) is 18.2 Å². The Balaban J connectivity index is 2.17. The van der Waals surface area contributed by atoms with Gasteiger partial charge in [0.25, 0.3) is 0 Å². The van der Waals surface area contributed by atoms with Crippen molar-refractivity contribution in [3.63, 3.8) is 0 Å². The SMILES string of the molecule is CC(C)NCc1ccnn1Cc1c(Cl)cccc1Cl. The summed E-state index contributed by atoms with van der Waals surface area (Å²) in [7, 11) is 0. The molecule has 0 radical (unpaired) electrons. The van der Waals surface area contributed by atoms with Crippen molar-refractivity contribution in [2.45, 2.75) is 33.0 Å². The van der Waals surface area contributed by atoms with Crippen LogP contribution < -0.4 is 5.32 Å². The van der Waals surface area contributed by atoms with Gasteiger partial charge in [0.05, 0.1) is 12.2 Å². The summed E-state index contributed by atoms with van der Waals surface area (Å²) < 4.78 is 1.92. The van der Waals surface area contributed by atoms with Crippen LogP contribution in [0.2, 0.25) is 10.0 Å². The highest BCUT2D eigenvalue weighted by Gasteiger charge is 2.09. The lowest BCUT2D eigenvalue weighted by molar-refractivity contribution is 0.547. The first-order chi connectivity index (χ1) is 9.08. The molecule has 102 valence electrons. The molecule has 0 aliphatic heterocycles. The molecule has 5 heteroatoms. The Morgan fingerprint density at radius 2 is 1.89 bits per heavy atom. The predicted octanol–water partition coefficient (Wildman–Crippen LogP) is 3.74. The first-order valence-electron chi connectivity index (χ1n) is 6.25. The number of benzene rings is 1. The summed E-state index contributed by atoms with van der Waals surface area (Å²) in [4.78, 5) is 0. The maximum atomic E-state index is 6.19. The van der Waals surface area contributed by atoms with E-state index < -0.39 is 0 Å². The Bertz CT molecular complexity index is 529. The molecule has 1 aromatic carbocycles. The van der Waals surface area contributed by atoms with E-state index in [1.807, 2.05) is 28.9 Å². The Morgan fingerprint density at radius 3 is 2.53 bits per heavy atom. The Kier molecular flexibility index (Phi) is 4.86. The van der Waals surface area contributed by atoms with Gasteiger partial charge in [-0.25, -0.2) is 0 Å². The molecular weight excluding hydrogens is 281 g/mol. The van der Waals surface area contributed by atoms with Crippen molar-refractivity contribution in [3.05, 3.63) is 51.8 Å². The zero-order valence-corrected chi connectivity index (χ0v) is 12.5. The van der Waals surface area contributed by atoms with Gasteiger partial charge in [-0.2, -0.15) is 5.10 Å². The quantitative estimate of drug-likeness (QED) is 0.911. The van der Waals surface area contributed by atoms with Gasteiger partial charge in [-0.15, -0.1) is 0 Å². The maximum absolute atomic E-state index is 6.19. The smallest absolute Gasteiger partial charge is 0.0692 e. The molecule has 0 aliphatic rings. The molecule has 0 fully saturated rings. The third kappa shape index (κ3) is 3.72. The van der Waals surface area contributed by atoms with Crippen LogP contribution in [0.15, 0.2) is 30.5 Å². The van der Waals surface area contributed by atoms with Crippen LogP contribution in [0.25, 0.3) is 0 Å². The molecule has 1 aromatic heterocycles. The average Bonchev–Trinajstić information content (AvgIpc) is 2.79. The van der Waals surface area contributed by atoms with Crippen LogP contribution in [-0.4, -0.2) is 15.8 Å². The fraction of sp³-hybridized carbons (Fsp3) is 0.357. The molecule has 0 atom stereocenters. The van der Waals surface area contributed by atoms with Crippen LogP contribution in [-0.2, 0) is 13.1 Å². The lowest BCUT2D eigenvalue weighted by atomic mass is 10.2. The zero-order valence-electron chi connectivity index (χ0n) is 11.0. The number of rotatable bonds is 5. The number of nitrogens with zero attached hydrogens (tertiary/aromatic N) is 2. The van der Waals surface area contributed by atoms with Crippen molar-refractivity contribution in [3.8, 4) is 0 Å². The second-order valence-electron chi connectivity index (χ2n) is 4.72. The highest BCUT2D eigenvalue weighted by molar-refractivity contribution is 6.35. The van der Waals surface area contributed by atoms with Crippen molar-refractivity contribution in [1.82, 2.24) is 15.1 Å². The highest BCUT2D eigenvalue weighted by Crippen LogP contribution is 2.25. The highest BCUT2D eigenvalue weighted by atomic mass is 35.5. The molecule has 0 saturated heterocycles. The number of aromatic nitrogens is 2. The van der Waals surface area contributed by atoms with Crippen molar-refractivity contribution in [2.75, 3.05) is 0 Å². The van der Waals surface area contributed by atoms with E-state index in [4.69, 9.17) is 23.2 Å². The normalized spacial score (nSPS) is 11.2. The van der Waals surface area contributed by atoms with E-state index in [2.05, 4.69) is 24.3 Å². The van der Waals surface area contributed by atoms with Crippen LogP contribution in [0.4, 0.5) is 0 Å².